The third-order valence-corrected chi connectivity index (χ3v) is 3.36. The summed E-state index contributed by atoms with van der Waals surface area (Å²) in [5.74, 6) is 0. The van der Waals surface area contributed by atoms with Crippen molar-refractivity contribution < 1.29 is 9.47 Å². The molecule has 1 unspecified atom stereocenters. The molecule has 0 N–H and O–H groups in total. The molecular formula is C11H13BrClNO2. The maximum absolute atomic E-state index is 5.87. The summed E-state index contributed by atoms with van der Waals surface area (Å²) in [6.45, 7) is 1.26. The summed E-state index contributed by atoms with van der Waals surface area (Å²) >= 11 is 9.23. The summed E-state index contributed by atoms with van der Waals surface area (Å²) < 4.78 is 11.9. The Kier molecular flexibility index (Phi) is 4.58. The number of nitrogens with zero attached hydrogens (tertiary/aromatic N) is 1. The molecule has 3 nitrogen and oxygen atoms in total. The minimum absolute atomic E-state index is 0.0837. The average molecular weight is 307 g/mol. The van der Waals surface area contributed by atoms with Crippen LogP contribution in [0.25, 0.3) is 0 Å². The normalized spacial score (nSPS) is 21.0. The van der Waals surface area contributed by atoms with Crippen LogP contribution >= 0.6 is 27.5 Å². The minimum Gasteiger partial charge on any atom is -0.353 e. The van der Waals surface area contributed by atoms with Gasteiger partial charge in [-0.15, -0.1) is 0 Å². The van der Waals surface area contributed by atoms with Crippen molar-refractivity contribution in [3.05, 3.63) is 27.5 Å². The molecule has 2 heterocycles. The molecule has 0 spiro atoms. The Hall–Kier alpha value is -0.160. The van der Waals surface area contributed by atoms with E-state index in [9.17, 15) is 0 Å². The topological polar surface area (TPSA) is 31.4 Å². The molecule has 1 aliphatic rings. The smallest absolute Gasteiger partial charge is 0.158 e. The lowest BCUT2D eigenvalue weighted by molar-refractivity contribution is -0.169. The van der Waals surface area contributed by atoms with Gasteiger partial charge >= 0.3 is 0 Å². The Morgan fingerprint density at radius 1 is 1.56 bits per heavy atom. The summed E-state index contributed by atoms with van der Waals surface area (Å²) in [6, 6.07) is 1.85. The molecule has 2 rings (SSSR count). The first kappa shape index (κ1) is 12.3. The summed E-state index contributed by atoms with van der Waals surface area (Å²) in [5, 5.41) is 0.617. The zero-order chi connectivity index (χ0) is 11.4. The van der Waals surface area contributed by atoms with E-state index >= 15 is 0 Å². The molecule has 0 saturated carbocycles. The zero-order valence-electron chi connectivity index (χ0n) is 8.79. The third kappa shape index (κ3) is 3.42. The fourth-order valence-electron chi connectivity index (χ4n) is 1.59. The number of aromatic nitrogens is 1. The van der Waals surface area contributed by atoms with Crippen molar-refractivity contribution in [1.29, 1.82) is 0 Å². The highest BCUT2D eigenvalue weighted by molar-refractivity contribution is 9.10. The number of halogens is 2. The van der Waals surface area contributed by atoms with Crippen molar-refractivity contribution in [3.8, 4) is 0 Å². The first-order valence-electron chi connectivity index (χ1n) is 5.29. The van der Waals surface area contributed by atoms with Gasteiger partial charge in [-0.2, -0.15) is 0 Å². The fourth-order valence-corrected chi connectivity index (χ4v) is 2.10. The van der Waals surface area contributed by atoms with E-state index in [2.05, 4.69) is 20.9 Å². The second-order valence-electron chi connectivity index (χ2n) is 3.71. The molecule has 1 aromatic heterocycles. The van der Waals surface area contributed by atoms with Gasteiger partial charge < -0.3 is 9.47 Å². The van der Waals surface area contributed by atoms with Crippen LogP contribution in [0.15, 0.2) is 16.9 Å². The lowest BCUT2D eigenvalue weighted by Gasteiger charge is -2.22. The van der Waals surface area contributed by atoms with Crippen LogP contribution < -0.4 is 0 Å². The first-order chi connectivity index (χ1) is 7.75. The number of hydrogen-bond acceptors (Lipinski definition) is 3. The molecule has 1 aliphatic heterocycles. The molecule has 5 heteroatoms. The Labute approximate surface area is 108 Å². The number of rotatable bonds is 3. The molecule has 1 saturated heterocycles. The molecule has 0 amide bonds. The van der Waals surface area contributed by atoms with E-state index in [1.54, 1.807) is 6.20 Å². The van der Waals surface area contributed by atoms with E-state index in [1.165, 1.54) is 6.42 Å². The molecule has 88 valence electrons. The van der Waals surface area contributed by atoms with Gasteiger partial charge in [-0.1, -0.05) is 11.6 Å². The Bertz CT molecular complexity index is 356. The van der Waals surface area contributed by atoms with Crippen LogP contribution in [0.3, 0.4) is 0 Å². The van der Waals surface area contributed by atoms with Crippen LogP contribution in [-0.2, 0) is 16.1 Å². The van der Waals surface area contributed by atoms with Gasteiger partial charge in [-0.25, -0.2) is 4.98 Å². The quantitative estimate of drug-likeness (QED) is 0.800. The van der Waals surface area contributed by atoms with Crippen molar-refractivity contribution in [2.45, 2.75) is 32.2 Å². The van der Waals surface area contributed by atoms with E-state index in [4.69, 9.17) is 21.1 Å². The van der Waals surface area contributed by atoms with E-state index in [0.717, 1.165) is 29.6 Å². The molecule has 1 aromatic rings. The molecule has 1 fully saturated rings. The fraction of sp³-hybridized carbons (Fsp3) is 0.545. The molecule has 0 aliphatic carbocycles. The molecule has 0 radical (unpaired) electrons. The summed E-state index contributed by atoms with van der Waals surface area (Å²) in [4.78, 5) is 4.11. The van der Waals surface area contributed by atoms with Crippen molar-refractivity contribution in [2.24, 2.45) is 0 Å². The van der Waals surface area contributed by atoms with Gasteiger partial charge in [0.05, 0.1) is 11.6 Å². The van der Waals surface area contributed by atoms with Crippen LogP contribution in [0.1, 0.15) is 24.8 Å². The van der Waals surface area contributed by atoms with Crippen molar-refractivity contribution >= 4 is 27.5 Å². The van der Waals surface area contributed by atoms with Gasteiger partial charge in [-0.3, -0.25) is 0 Å². The first-order valence-corrected chi connectivity index (χ1v) is 6.46. The number of ether oxygens (including phenoxy) is 2. The standard InChI is InChI=1S/C11H13BrClNO2/c12-11-8(5-9(13)6-14-11)7-16-10-3-1-2-4-15-10/h5-6,10H,1-4,7H2. The van der Waals surface area contributed by atoms with Gasteiger partial charge in [0.25, 0.3) is 0 Å². The Morgan fingerprint density at radius 3 is 3.19 bits per heavy atom. The van der Waals surface area contributed by atoms with E-state index in [-0.39, 0.29) is 6.29 Å². The number of pyridine rings is 1. The molecule has 1 atom stereocenters. The summed E-state index contributed by atoms with van der Waals surface area (Å²) in [5.41, 5.74) is 0.946. The summed E-state index contributed by atoms with van der Waals surface area (Å²) in [6.07, 6.45) is 4.78. The van der Waals surface area contributed by atoms with Crippen LogP contribution in [0.4, 0.5) is 0 Å². The van der Waals surface area contributed by atoms with E-state index < -0.39 is 0 Å². The monoisotopic (exact) mass is 305 g/mol. The zero-order valence-corrected chi connectivity index (χ0v) is 11.1. The highest BCUT2D eigenvalue weighted by Crippen LogP contribution is 2.21. The van der Waals surface area contributed by atoms with Crippen LogP contribution in [-0.4, -0.2) is 17.9 Å². The van der Waals surface area contributed by atoms with Crippen LogP contribution in [0.2, 0.25) is 5.02 Å². The summed E-state index contributed by atoms with van der Waals surface area (Å²) in [7, 11) is 0. The number of hydrogen-bond donors (Lipinski definition) is 0. The highest BCUT2D eigenvalue weighted by atomic mass is 79.9. The van der Waals surface area contributed by atoms with Gasteiger partial charge in [0.1, 0.15) is 4.60 Å². The SMILES string of the molecule is Clc1cnc(Br)c(COC2CCCCO2)c1. The van der Waals surface area contributed by atoms with Crippen molar-refractivity contribution in [3.63, 3.8) is 0 Å². The maximum Gasteiger partial charge on any atom is 0.158 e. The van der Waals surface area contributed by atoms with Gasteiger partial charge in [0.2, 0.25) is 0 Å². The predicted molar refractivity (Wildman–Crippen MR) is 65.3 cm³/mol. The largest absolute Gasteiger partial charge is 0.353 e. The molecule has 16 heavy (non-hydrogen) atoms. The Morgan fingerprint density at radius 2 is 2.44 bits per heavy atom. The average Bonchev–Trinajstić information content (AvgIpc) is 2.32. The predicted octanol–water partition coefficient (Wildman–Crippen LogP) is 3.54. The van der Waals surface area contributed by atoms with E-state index in [1.807, 2.05) is 6.07 Å². The molecule has 0 aromatic carbocycles. The maximum atomic E-state index is 5.87. The lowest BCUT2D eigenvalue weighted by atomic mass is 10.2. The van der Waals surface area contributed by atoms with Gasteiger partial charge in [0, 0.05) is 18.4 Å². The van der Waals surface area contributed by atoms with Crippen LogP contribution in [0.5, 0.6) is 0 Å². The second-order valence-corrected chi connectivity index (χ2v) is 4.90. The molecular weight excluding hydrogens is 293 g/mol. The second kappa shape index (κ2) is 5.96. The Balaban J connectivity index is 1.90. The third-order valence-electron chi connectivity index (χ3n) is 2.44. The molecule has 0 bridgehead atoms. The van der Waals surface area contributed by atoms with Gasteiger partial charge in [-0.05, 0) is 41.3 Å². The minimum atomic E-state index is -0.0837. The van der Waals surface area contributed by atoms with Crippen molar-refractivity contribution in [1.82, 2.24) is 4.98 Å². The van der Waals surface area contributed by atoms with E-state index in [0.29, 0.717) is 11.6 Å². The van der Waals surface area contributed by atoms with Gasteiger partial charge in [0.15, 0.2) is 6.29 Å². The van der Waals surface area contributed by atoms with Crippen LogP contribution in [0, 0.1) is 0 Å². The van der Waals surface area contributed by atoms with Crippen molar-refractivity contribution in [2.75, 3.05) is 6.61 Å². The highest BCUT2D eigenvalue weighted by Gasteiger charge is 2.14. The lowest BCUT2D eigenvalue weighted by Crippen LogP contribution is -2.22.